The average Bonchev–Trinajstić information content (AvgIpc) is 3.05. The number of hydrogen-bond donors (Lipinski definition) is 2. The number of fused-ring (bicyclic) bond motifs is 1. The summed E-state index contributed by atoms with van der Waals surface area (Å²) in [5.41, 5.74) is 3.76. The minimum absolute atomic E-state index is 0.0432. The van der Waals surface area contributed by atoms with Gasteiger partial charge in [0.2, 0.25) is 5.91 Å². The van der Waals surface area contributed by atoms with E-state index < -0.39 is 5.41 Å². The number of carbonyl (C=O) groups excluding carboxylic acids is 1. The molecule has 0 radical (unpaired) electrons. The normalized spacial score (nSPS) is 21.8. The molecular formula is C26H34N2O4. The van der Waals surface area contributed by atoms with E-state index in [4.69, 9.17) is 14.2 Å². The van der Waals surface area contributed by atoms with Gasteiger partial charge in [0.05, 0.1) is 30.4 Å². The number of carbonyl (C=O) groups is 1. The zero-order chi connectivity index (χ0) is 22.6. The lowest BCUT2D eigenvalue weighted by Crippen LogP contribution is -2.41. The van der Waals surface area contributed by atoms with Crippen LogP contribution >= 0.6 is 0 Å². The van der Waals surface area contributed by atoms with Gasteiger partial charge in [0.25, 0.3) is 0 Å². The molecule has 6 heteroatoms. The smallest absolute Gasteiger partial charge is 0.234 e. The Kier molecular flexibility index (Phi) is 7.13. The zero-order valence-corrected chi connectivity index (χ0v) is 19.3. The average molecular weight is 439 g/mol. The Morgan fingerprint density at radius 3 is 2.69 bits per heavy atom. The van der Waals surface area contributed by atoms with Crippen LogP contribution in [0.25, 0.3) is 0 Å². The van der Waals surface area contributed by atoms with Gasteiger partial charge in [-0.25, -0.2) is 0 Å². The Hall–Kier alpha value is -2.41. The lowest BCUT2D eigenvalue weighted by atomic mass is 9.85. The van der Waals surface area contributed by atoms with Crippen molar-refractivity contribution in [2.45, 2.75) is 50.7 Å². The number of amides is 1. The number of anilines is 1. The number of benzene rings is 2. The maximum absolute atomic E-state index is 12.4. The molecule has 32 heavy (non-hydrogen) atoms. The first-order chi connectivity index (χ1) is 15.5. The molecule has 2 atom stereocenters. The molecule has 1 fully saturated rings. The van der Waals surface area contributed by atoms with Crippen molar-refractivity contribution in [3.8, 4) is 5.75 Å². The fourth-order valence-corrected chi connectivity index (χ4v) is 4.57. The summed E-state index contributed by atoms with van der Waals surface area (Å²) in [4.78, 5) is 12.4. The molecule has 0 aromatic heterocycles. The summed E-state index contributed by atoms with van der Waals surface area (Å²) in [7, 11) is 1.70. The summed E-state index contributed by atoms with van der Waals surface area (Å²) in [6, 6.07) is 14.5. The molecule has 1 amide bonds. The molecule has 4 rings (SSSR count). The van der Waals surface area contributed by atoms with Crippen LogP contribution in [0.3, 0.4) is 0 Å². The third-order valence-corrected chi connectivity index (χ3v) is 6.58. The molecule has 2 heterocycles. The summed E-state index contributed by atoms with van der Waals surface area (Å²) in [6.45, 7) is 7.55. The summed E-state index contributed by atoms with van der Waals surface area (Å²) in [5.74, 6) is 1.25. The third kappa shape index (κ3) is 4.82. The molecule has 6 nitrogen and oxygen atoms in total. The first kappa shape index (κ1) is 22.8. The van der Waals surface area contributed by atoms with Gasteiger partial charge in [0.1, 0.15) is 5.75 Å². The molecule has 0 bridgehead atoms. The molecule has 0 saturated carbocycles. The fourth-order valence-electron chi connectivity index (χ4n) is 4.57. The highest BCUT2D eigenvalue weighted by molar-refractivity contribution is 6.06. The maximum Gasteiger partial charge on any atom is 0.234 e. The zero-order valence-electron chi connectivity index (χ0n) is 19.3. The molecule has 172 valence electrons. The van der Waals surface area contributed by atoms with Crippen molar-refractivity contribution < 1.29 is 19.0 Å². The summed E-state index contributed by atoms with van der Waals surface area (Å²) in [5, 5.41) is 6.52. The Labute approximate surface area is 190 Å². The van der Waals surface area contributed by atoms with Crippen LogP contribution in [0.2, 0.25) is 0 Å². The second-order valence-corrected chi connectivity index (χ2v) is 9.13. The van der Waals surface area contributed by atoms with Crippen molar-refractivity contribution in [3.05, 3.63) is 59.2 Å². The summed E-state index contributed by atoms with van der Waals surface area (Å²) >= 11 is 0. The molecule has 2 aliphatic rings. The molecule has 2 aromatic carbocycles. The number of para-hydroxylation sites is 1. The van der Waals surface area contributed by atoms with Crippen LogP contribution < -0.4 is 15.4 Å². The van der Waals surface area contributed by atoms with Crippen molar-refractivity contribution in [3.63, 3.8) is 0 Å². The van der Waals surface area contributed by atoms with E-state index in [2.05, 4.69) is 22.8 Å². The third-order valence-electron chi connectivity index (χ3n) is 6.58. The number of rotatable bonds is 9. The van der Waals surface area contributed by atoms with Gasteiger partial charge in [-0.15, -0.1) is 0 Å². The van der Waals surface area contributed by atoms with Crippen LogP contribution in [0.15, 0.2) is 42.5 Å². The van der Waals surface area contributed by atoms with Gasteiger partial charge < -0.3 is 24.8 Å². The van der Waals surface area contributed by atoms with E-state index in [1.807, 2.05) is 44.2 Å². The van der Waals surface area contributed by atoms with Gasteiger partial charge >= 0.3 is 0 Å². The predicted octanol–water partition coefficient (Wildman–Crippen LogP) is 3.99. The molecule has 0 aliphatic carbocycles. The Balaban J connectivity index is 1.41. The van der Waals surface area contributed by atoms with Gasteiger partial charge in [0.15, 0.2) is 0 Å². The van der Waals surface area contributed by atoms with Crippen molar-refractivity contribution in [2.75, 3.05) is 38.7 Å². The van der Waals surface area contributed by atoms with E-state index in [0.717, 1.165) is 48.5 Å². The topological polar surface area (TPSA) is 68.8 Å². The Morgan fingerprint density at radius 2 is 1.91 bits per heavy atom. The second-order valence-electron chi connectivity index (χ2n) is 9.13. The molecule has 1 saturated heterocycles. The first-order valence-electron chi connectivity index (χ1n) is 11.5. The summed E-state index contributed by atoms with van der Waals surface area (Å²) < 4.78 is 17.3. The quantitative estimate of drug-likeness (QED) is 0.580. The van der Waals surface area contributed by atoms with Gasteiger partial charge in [-0.05, 0) is 50.1 Å². The number of ether oxygens (including phenoxy) is 3. The van der Waals surface area contributed by atoms with Crippen molar-refractivity contribution in [1.82, 2.24) is 5.32 Å². The van der Waals surface area contributed by atoms with Crippen molar-refractivity contribution in [2.24, 2.45) is 0 Å². The van der Waals surface area contributed by atoms with E-state index >= 15 is 0 Å². The molecule has 2 aliphatic heterocycles. The van der Waals surface area contributed by atoms with Gasteiger partial charge in [-0.3, -0.25) is 4.79 Å². The predicted molar refractivity (Wildman–Crippen MR) is 125 cm³/mol. The molecule has 2 aromatic rings. The van der Waals surface area contributed by atoms with Gasteiger partial charge in [-0.1, -0.05) is 30.3 Å². The molecule has 1 unspecified atom stereocenters. The van der Waals surface area contributed by atoms with Crippen molar-refractivity contribution >= 4 is 11.6 Å². The van der Waals surface area contributed by atoms with Crippen LogP contribution in [0.1, 0.15) is 49.3 Å². The fraction of sp³-hybridized carbons (Fsp3) is 0.500. The van der Waals surface area contributed by atoms with Crippen LogP contribution in [-0.4, -0.2) is 45.4 Å². The molecular weight excluding hydrogens is 404 g/mol. The van der Waals surface area contributed by atoms with E-state index in [-0.39, 0.29) is 12.0 Å². The van der Waals surface area contributed by atoms with E-state index in [9.17, 15) is 4.79 Å². The highest BCUT2D eigenvalue weighted by Crippen LogP contribution is 2.40. The minimum atomic E-state index is -0.506. The van der Waals surface area contributed by atoms with E-state index in [0.29, 0.717) is 25.7 Å². The monoisotopic (exact) mass is 438 g/mol. The highest BCUT2D eigenvalue weighted by atomic mass is 16.5. The van der Waals surface area contributed by atoms with E-state index in [1.54, 1.807) is 7.11 Å². The number of hydrogen-bond acceptors (Lipinski definition) is 5. The largest absolute Gasteiger partial charge is 0.494 e. The lowest BCUT2D eigenvalue weighted by Gasteiger charge is -2.33. The minimum Gasteiger partial charge on any atom is -0.494 e. The number of piperidine rings is 1. The number of methoxy groups -OCH3 is 1. The lowest BCUT2D eigenvalue weighted by molar-refractivity contribution is -0.119. The highest BCUT2D eigenvalue weighted by Gasteiger charge is 2.39. The Morgan fingerprint density at radius 1 is 1.09 bits per heavy atom. The first-order valence-corrected chi connectivity index (χ1v) is 11.5. The van der Waals surface area contributed by atoms with Crippen LogP contribution in [0.4, 0.5) is 5.69 Å². The van der Waals surface area contributed by atoms with E-state index in [1.165, 1.54) is 5.56 Å². The summed E-state index contributed by atoms with van der Waals surface area (Å²) in [6.07, 6.45) is 1.97. The van der Waals surface area contributed by atoms with Crippen molar-refractivity contribution in [1.29, 1.82) is 0 Å². The molecule has 2 N–H and O–H groups in total. The standard InChI is InChI=1S/C26H34N2O4/c1-26(2)22-7-4-6-19(24(22)28-25(26)29)17-32-23-16-27-13-12-21(23)18-8-10-20(11-9-18)31-15-5-14-30-3/h4,6-11,21,23,27H,5,12-17H2,1-3H3,(H,28,29)/t21?,23-/m0/s1. The molecule has 0 spiro atoms. The number of nitrogens with one attached hydrogen (secondary N) is 2. The SMILES string of the molecule is COCCCOc1ccc(C2CCNC[C@@H]2OCc2cccc3c2NC(=O)C3(C)C)cc1. The van der Waals surface area contributed by atoms with Crippen LogP contribution in [0.5, 0.6) is 5.75 Å². The maximum atomic E-state index is 12.4. The second kappa shape index (κ2) is 10.0. The van der Waals surface area contributed by atoms with Gasteiger partial charge in [-0.2, -0.15) is 0 Å². The Bertz CT molecular complexity index is 926. The van der Waals surface area contributed by atoms with Crippen LogP contribution in [0, 0.1) is 0 Å². The van der Waals surface area contributed by atoms with Gasteiger partial charge in [0, 0.05) is 38.2 Å². The van der Waals surface area contributed by atoms with Crippen LogP contribution in [-0.2, 0) is 26.3 Å².